The van der Waals surface area contributed by atoms with Crippen molar-refractivity contribution in [1.82, 2.24) is 4.98 Å². The minimum absolute atomic E-state index is 0.240. The Bertz CT molecular complexity index is 458. The van der Waals surface area contributed by atoms with Crippen LogP contribution in [0.25, 0.3) is 0 Å². The number of thiazole rings is 1. The van der Waals surface area contributed by atoms with Crippen LogP contribution in [0.5, 0.6) is 0 Å². The number of alkyl halides is 1. The molecule has 0 fully saturated rings. The number of nitrogens with zero attached hydrogens (tertiary/aromatic N) is 1. The van der Waals surface area contributed by atoms with Crippen LogP contribution >= 0.6 is 22.9 Å². The quantitative estimate of drug-likeness (QED) is 0.735. The van der Waals surface area contributed by atoms with Crippen molar-refractivity contribution in [2.24, 2.45) is 0 Å². The molecule has 0 saturated heterocycles. The molecule has 1 aromatic heterocycles. The predicted octanol–water partition coefficient (Wildman–Crippen LogP) is 3.75. The van der Waals surface area contributed by atoms with E-state index < -0.39 is 17.0 Å². The van der Waals surface area contributed by atoms with Gasteiger partial charge in [-0.25, -0.2) is 13.8 Å². The molecule has 5 heteroatoms. The highest BCUT2D eigenvalue weighted by Crippen LogP contribution is 2.30. The van der Waals surface area contributed by atoms with Crippen LogP contribution in [0.2, 0.25) is 0 Å². The molecule has 1 unspecified atom stereocenters. The molecule has 78 valence electrons. The molecule has 1 atom stereocenters. The van der Waals surface area contributed by atoms with Crippen molar-refractivity contribution >= 4 is 22.9 Å². The van der Waals surface area contributed by atoms with E-state index in [-0.39, 0.29) is 5.56 Å². The van der Waals surface area contributed by atoms with Crippen LogP contribution in [0, 0.1) is 11.6 Å². The number of benzene rings is 1. The van der Waals surface area contributed by atoms with Crippen molar-refractivity contribution in [3.8, 4) is 0 Å². The average molecular weight is 246 g/mol. The number of aromatic nitrogens is 1. The monoisotopic (exact) mass is 245 g/mol. The summed E-state index contributed by atoms with van der Waals surface area (Å²) in [4.78, 5) is 3.98. The maximum atomic E-state index is 13.3. The fourth-order valence-electron chi connectivity index (χ4n) is 1.21. The Balaban J connectivity index is 2.38. The highest BCUT2D eigenvalue weighted by atomic mass is 35.5. The van der Waals surface area contributed by atoms with Gasteiger partial charge in [0.2, 0.25) is 0 Å². The maximum Gasteiger partial charge on any atom is 0.131 e. The highest BCUT2D eigenvalue weighted by molar-refractivity contribution is 7.07. The van der Waals surface area contributed by atoms with E-state index in [2.05, 4.69) is 4.98 Å². The van der Waals surface area contributed by atoms with Gasteiger partial charge in [-0.05, 0) is 6.07 Å². The second-order valence-corrected chi connectivity index (χ2v) is 4.10. The molecule has 1 aromatic carbocycles. The summed E-state index contributed by atoms with van der Waals surface area (Å²) in [6.07, 6.45) is 0. The zero-order valence-corrected chi connectivity index (χ0v) is 9.03. The van der Waals surface area contributed by atoms with E-state index in [9.17, 15) is 8.78 Å². The van der Waals surface area contributed by atoms with Crippen LogP contribution in [0.1, 0.15) is 16.6 Å². The van der Waals surface area contributed by atoms with Gasteiger partial charge in [0.05, 0.1) is 11.2 Å². The lowest BCUT2D eigenvalue weighted by Crippen LogP contribution is -1.97. The summed E-state index contributed by atoms with van der Waals surface area (Å²) >= 11 is 7.39. The van der Waals surface area contributed by atoms with E-state index in [0.29, 0.717) is 5.69 Å². The Kier molecular flexibility index (Phi) is 2.98. The summed E-state index contributed by atoms with van der Waals surface area (Å²) in [5.74, 6) is -1.26. The van der Waals surface area contributed by atoms with Crippen LogP contribution in [-0.4, -0.2) is 4.98 Å². The van der Waals surface area contributed by atoms with Gasteiger partial charge in [-0.3, -0.25) is 0 Å². The minimum atomic E-state index is -0.670. The molecule has 0 aliphatic carbocycles. The summed E-state index contributed by atoms with van der Waals surface area (Å²) < 4.78 is 26.0. The van der Waals surface area contributed by atoms with Crippen LogP contribution < -0.4 is 0 Å². The van der Waals surface area contributed by atoms with Gasteiger partial charge in [-0.15, -0.1) is 22.9 Å². The fourth-order valence-corrected chi connectivity index (χ4v) is 2.16. The minimum Gasteiger partial charge on any atom is -0.248 e. The molecule has 15 heavy (non-hydrogen) atoms. The molecule has 0 bridgehead atoms. The first-order chi connectivity index (χ1) is 7.18. The first-order valence-corrected chi connectivity index (χ1v) is 5.53. The smallest absolute Gasteiger partial charge is 0.131 e. The van der Waals surface area contributed by atoms with E-state index in [4.69, 9.17) is 11.6 Å². The van der Waals surface area contributed by atoms with Crippen LogP contribution in [0.15, 0.2) is 29.1 Å². The van der Waals surface area contributed by atoms with E-state index in [1.165, 1.54) is 23.5 Å². The molecule has 2 rings (SSSR count). The van der Waals surface area contributed by atoms with Crippen LogP contribution in [0.4, 0.5) is 8.78 Å². The number of halogens is 3. The Hall–Kier alpha value is -1.00. The SMILES string of the molecule is Fc1ccc(C(Cl)c2cscn2)c(F)c1. The summed E-state index contributed by atoms with van der Waals surface area (Å²) in [6.45, 7) is 0. The maximum absolute atomic E-state index is 13.3. The lowest BCUT2D eigenvalue weighted by atomic mass is 10.1. The van der Waals surface area contributed by atoms with Gasteiger partial charge >= 0.3 is 0 Å². The van der Waals surface area contributed by atoms with Crippen molar-refractivity contribution in [2.75, 3.05) is 0 Å². The van der Waals surface area contributed by atoms with Crippen LogP contribution in [0.3, 0.4) is 0 Å². The molecule has 1 heterocycles. The zero-order valence-electron chi connectivity index (χ0n) is 7.45. The summed E-state index contributed by atoms with van der Waals surface area (Å²) in [6, 6.07) is 3.33. The first-order valence-electron chi connectivity index (χ1n) is 4.15. The summed E-state index contributed by atoms with van der Waals surface area (Å²) in [5, 5.41) is 1.07. The molecule has 2 aromatic rings. The topological polar surface area (TPSA) is 12.9 Å². The largest absolute Gasteiger partial charge is 0.248 e. The van der Waals surface area contributed by atoms with Crippen molar-refractivity contribution in [1.29, 1.82) is 0 Å². The van der Waals surface area contributed by atoms with Crippen molar-refractivity contribution in [3.05, 3.63) is 52.0 Å². The van der Waals surface area contributed by atoms with Gasteiger partial charge in [0.1, 0.15) is 17.0 Å². The summed E-state index contributed by atoms with van der Waals surface area (Å²) in [5.41, 5.74) is 2.43. The van der Waals surface area contributed by atoms with E-state index in [1.807, 2.05) is 0 Å². The molecule has 0 aliphatic heterocycles. The van der Waals surface area contributed by atoms with Gasteiger partial charge in [-0.2, -0.15) is 0 Å². The molecule has 0 radical (unpaired) electrons. The Labute approximate surface area is 94.3 Å². The third-order valence-electron chi connectivity index (χ3n) is 1.95. The van der Waals surface area contributed by atoms with Gasteiger partial charge in [0.15, 0.2) is 0 Å². The standard InChI is InChI=1S/C10H6ClF2NS/c11-10(9-4-15-5-14-9)7-2-1-6(12)3-8(7)13/h1-5,10H. The van der Waals surface area contributed by atoms with Crippen molar-refractivity contribution in [2.45, 2.75) is 5.38 Å². The Morgan fingerprint density at radius 1 is 1.33 bits per heavy atom. The lowest BCUT2D eigenvalue weighted by Gasteiger charge is -2.07. The van der Waals surface area contributed by atoms with Crippen molar-refractivity contribution < 1.29 is 8.78 Å². The number of hydrogen-bond acceptors (Lipinski definition) is 2. The molecular formula is C10H6ClF2NS. The third-order valence-corrected chi connectivity index (χ3v) is 3.01. The van der Waals surface area contributed by atoms with Crippen LogP contribution in [-0.2, 0) is 0 Å². The molecule has 0 amide bonds. The Morgan fingerprint density at radius 2 is 2.13 bits per heavy atom. The van der Waals surface area contributed by atoms with E-state index in [1.54, 1.807) is 10.9 Å². The molecule has 0 saturated carbocycles. The normalized spacial score (nSPS) is 12.7. The average Bonchev–Trinajstić information content (AvgIpc) is 2.69. The zero-order chi connectivity index (χ0) is 10.8. The first kappa shape index (κ1) is 10.5. The van der Waals surface area contributed by atoms with E-state index >= 15 is 0 Å². The predicted molar refractivity (Wildman–Crippen MR) is 56.2 cm³/mol. The van der Waals surface area contributed by atoms with Gasteiger partial charge < -0.3 is 0 Å². The van der Waals surface area contributed by atoms with Crippen molar-refractivity contribution in [3.63, 3.8) is 0 Å². The van der Waals surface area contributed by atoms with E-state index in [0.717, 1.165) is 6.07 Å². The van der Waals surface area contributed by atoms with Gasteiger partial charge in [0, 0.05) is 17.0 Å². The second kappa shape index (κ2) is 4.24. The molecule has 1 nitrogen and oxygen atoms in total. The number of rotatable bonds is 2. The molecule has 0 spiro atoms. The van der Waals surface area contributed by atoms with Gasteiger partial charge in [-0.1, -0.05) is 6.07 Å². The Morgan fingerprint density at radius 3 is 2.73 bits per heavy atom. The highest BCUT2D eigenvalue weighted by Gasteiger charge is 2.17. The fraction of sp³-hybridized carbons (Fsp3) is 0.100. The molecule has 0 N–H and O–H groups in total. The molecule has 0 aliphatic rings. The van der Waals surface area contributed by atoms with Gasteiger partial charge in [0.25, 0.3) is 0 Å². The summed E-state index contributed by atoms with van der Waals surface area (Å²) in [7, 11) is 0. The third kappa shape index (κ3) is 2.16. The number of hydrogen-bond donors (Lipinski definition) is 0. The second-order valence-electron chi connectivity index (χ2n) is 2.94. The lowest BCUT2D eigenvalue weighted by molar-refractivity contribution is 0.573. The molecular weight excluding hydrogens is 240 g/mol.